The molecule has 7 nitrogen and oxygen atoms in total. The number of rotatable bonds is 5. The summed E-state index contributed by atoms with van der Waals surface area (Å²) >= 11 is 0. The van der Waals surface area contributed by atoms with E-state index in [-0.39, 0.29) is 6.03 Å². The Morgan fingerprint density at radius 3 is 2.50 bits per heavy atom. The van der Waals surface area contributed by atoms with Gasteiger partial charge >= 0.3 is 6.03 Å². The van der Waals surface area contributed by atoms with Gasteiger partial charge in [0, 0.05) is 48.3 Å². The lowest BCUT2D eigenvalue weighted by Crippen LogP contribution is -2.23. The molecule has 0 fully saturated rings. The summed E-state index contributed by atoms with van der Waals surface area (Å²) in [5.74, 6) is 0.646. The highest BCUT2D eigenvalue weighted by atomic mass is 16.5. The van der Waals surface area contributed by atoms with Crippen LogP contribution in [0.2, 0.25) is 0 Å². The van der Waals surface area contributed by atoms with Gasteiger partial charge in [-0.3, -0.25) is 4.57 Å². The summed E-state index contributed by atoms with van der Waals surface area (Å²) in [5, 5.41) is 3.98. The Morgan fingerprint density at radius 2 is 1.83 bits per heavy atom. The number of aliphatic imine (C=N–C) groups is 1. The standard InChI is InChI=1S/C29H29N5O2/c1-18-14-19(2)30-23(18)16-25-28(36-5)17-24(32-25)27-15-20-8-6-7-9-26(20)34(27)29(35)31-21-10-12-22(13-11-21)33(3)4/h6-17,30H,1-5H3,(H,31,35)/b25-16+. The van der Waals surface area contributed by atoms with Crippen molar-refractivity contribution in [1.29, 1.82) is 0 Å². The van der Waals surface area contributed by atoms with Crippen LogP contribution in [-0.4, -0.2) is 42.5 Å². The summed E-state index contributed by atoms with van der Waals surface area (Å²) in [4.78, 5) is 23.8. The van der Waals surface area contributed by atoms with Crippen LogP contribution in [0.5, 0.6) is 0 Å². The van der Waals surface area contributed by atoms with E-state index in [0.29, 0.717) is 28.5 Å². The number of H-pyrrole nitrogens is 1. The molecule has 0 saturated heterocycles. The molecule has 0 unspecified atom stereocenters. The van der Waals surface area contributed by atoms with Crippen molar-refractivity contribution in [3.05, 3.63) is 101 Å². The Bertz CT molecular complexity index is 1550. The molecule has 0 saturated carbocycles. The molecule has 3 heterocycles. The highest BCUT2D eigenvalue weighted by Gasteiger charge is 2.23. The lowest BCUT2D eigenvalue weighted by molar-refractivity contribution is 0.254. The number of anilines is 2. The van der Waals surface area contributed by atoms with Crippen LogP contribution in [0.3, 0.4) is 0 Å². The first-order valence-electron chi connectivity index (χ1n) is 11.8. The molecular formula is C29H29N5O2. The van der Waals surface area contributed by atoms with Crippen molar-refractivity contribution < 1.29 is 9.53 Å². The van der Waals surface area contributed by atoms with Crippen LogP contribution in [0, 0.1) is 13.8 Å². The van der Waals surface area contributed by atoms with E-state index in [0.717, 1.165) is 33.5 Å². The van der Waals surface area contributed by atoms with Crippen LogP contribution in [0.4, 0.5) is 16.2 Å². The molecule has 7 heteroatoms. The molecule has 0 atom stereocenters. The molecule has 4 aromatic rings. The van der Waals surface area contributed by atoms with Gasteiger partial charge in [-0.25, -0.2) is 9.79 Å². The number of carbonyl (C=O) groups excluding carboxylic acids is 1. The third-order valence-electron chi connectivity index (χ3n) is 6.26. The SMILES string of the molecule is COC1=CC(c2cc3ccccc3n2C(=O)Nc2ccc(N(C)C)cc2)=N/C1=C/c1[nH]c(C)cc1C. The molecule has 0 spiro atoms. The number of methoxy groups -OCH3 is 1. The number of hydrogen-bond donors (Lipinski definition) is 2. The first-order valence-corrected chi connectivity index (χ1v) is 11.8. The van der Waals surface area contributed by atoms with Crippen molar-refractivity contribution in [3.63, 3.8) is 0 Å². The molecular weight excluding hydrogens is 450 g/mol. The predicted molar refractivity (Wildman–Crippen MR) is 147 cm³/mol. The largest absolute Gasteiger partial charge is 0.494 e. The molecule has 2 aromatic carbocycles. The maximum absolute atomic E-state index is 13.6. The zero-order valence-corrected chi connectivity index (χ0v) is 21.1. The molecule has 0 radical (unpaired) electrons. The summed E-state index contributed by atoms with van der Waals surface area (Å²) in [6, 6.07) is 19.4. The Balaban J connectivity index is 1.56. The highest BCUT2D eigenvalue weighted by molar-refractivity contribution is 6.16. The third kappa shape index (κ3) is 4.31. The van der Waals surface area contributed by atoms with E-state index >= 15 is 0 Å². The van der Waals surface area contributed by atoms with Crippen LogP contribution in [0.1, 0.15) is 22.6 Å². The van der Waals surface area contributed by atoms with Crippen molar-refractivity contribution in [2.75, 3.05) is 31.4 Å². The number of hydrogen-bond acceptors (Lipinski definition) is 4. The van der Waals surface area contributed by atoms with E-state index in [1.165, 1.54) is 0 Å². The molecule has 36 heavy (non-hydrogen) atoms. The van der Waals surface area contributed by atoms with Crippen molar-refractivity contribution >= 4 is 40.1 Å². The smallest absolute Gasteiger partial charge is 0.331 e. The number of amides is 1. The summed E-state index contributed by atoms with van der Waals surface area (Å²) in [7, 11) is 5.60. The van der Waals surface area contributed by atoms with Gasteiger partial charge < -0.3 is 19.9 Å². The number of carbonyl (C=O) groups is 1. The number of para-hydroxylation sites is 1. The minimum atomic E-state index is -0.257. The van der Waals surface area contributed by atoms with Crippen molar-refractivity contribution in [3.8, 4) is 0 Å². The normalized spacial score (nSPS) is 14.2. The number of allylic oxidation sites excluding steroid dienone is 1. The lowest BCUT2D eigenvalue weighted by Gasteiger charge is -2.14. The third-order valence-corrected chi connectivity index (χ3v) is 6.26. The highest BCUT2D eigenvalue weighted by Crippen LogP contribution is 2.29. The summed E-state index contributed by atoms with van der Waals surface area (Å²) in [6.45, 7) is 4.08. The number of aryl methyl sites for hydroxylation is 2. The molecule has 1 aliphatic rings. The Morgan fingerprint density at radius 1 is 1.08 bits per heavy atom. The fourth-order valence-corrected chi connectivity index (χ4v) is 4.43. The summed E-state index contributed by atoms with van der Waals surface area (Å²) in [6.07, 6.45) is 3.85. The van der Waals surface area contributed by atoms with Crippen molar-refractivity contribution in [2.45, 2.75) is 13.8 Å². The van der Waals surface area contributed by atoms with Crippen LogP contribution in [0.15, 0.2) is 83.2 Å². The number of benzene rings is 2. The summed E-state index contributed by atoms with van der Waals surface area (Å²) < 4.78 is 7.32. The van der Waals surface area contributed by atoms with Crippen molar-refractivity contribution in [2.24, 2.45) is 4.99 Å². The fourth-order valence-electron chi connectivity index (χ4n) is 4.43. The van der Waals surface area contributed by atoms with E-state index in [1.807, 2.05) is 92.7 Å². The van der Waals surface area contributed by atoms with E-state index < -0.39 is 0 Å². The average molecular weight is 480 g/mol. The number of aromatic nitrogens is 2. The van der Waals surface area contributed by atoms with Crippen molar-refractivity contribution in [1.82, 2.24) is 9.55 Å². The van der Waals surface area contributed by atoms with Gasteiger partial charge in [0.2, 0.25) is 0 Å². The Hall–Kier alpha value is -4.52. The zero-order chi connectivity index (χ0) is 25.4. The van der Waals surface area contributed by atoms with Gasteiger partial charge in [0.15, 0.2) is 0 Å². The number of nitrogens with zero attached hydrogens (tertiary/aromatic N) is 3. The molecule has 0 aliphatic carbocycles. The molecule has 182 valence electrons. The number of ether oxygens (including phenoxy) is 1. The minimum Gasteiger partial charge on any atom is -0.494 e. The van der Waals surface area contributed by atoms with Crippen LogP contribution in [-0.2, 0) is 4.74 Å². The van der Waals surface area contributed by atoms with Gasteiger partial charge in [0.25, 0.3) is 0 Å². The maximum atomic E-state index is 13.6. The first-order chi connectivity index (χ1) is 17.3. The maximum Gasteiger partial charge on any atom is 0.331 e. The van der Waals surface area contributed by atoms with Gasteiger partial charge in [0.05, 0.1) is 24.0 Å². The topological polar surface area (TPSA) is 74.7 Å². The van der Waals surface area contributed by atoms with Crippen LogP contribution >= 0.6 is 0 Å². The molecule has 2 aromatic heterocycles. The summed E-state index contributed by atoms with van der Waals surface area (Å²) in [5.41, 5.74) is 7.83. The Kier molecular flexibility index (Phi) is 5.98. The van der Waals surface area contributed by atoms with Crippen LogP contribution < -0.4 is 10.2 Å². The van der Waals surface area contributed by atoms with Gasteiger partial charge in [0.1, 0.15) is 11.5 Å². The number of fused-ring (bicyclic) bond motifs is 1. The second kappa shape index (κ2) is 9.26. The predicted octanol–water partition coefficient (Wildman–Crippen LogP) is 6.11. The number of nitrogens with one attached hydrogen (secondary N) is 2. The molecule has 1 aliphatic heterocycles. The van der Waals surface area contributed by atoms with E-state index in [1.54, 1.807) is 11.7 Å². The van der Waals surface area contributed by atoms with E-state index in [4.69, 9.17) is 9.73 Å². The van der Waals surface area contributed by atoms with Gasteiger partial charge in [-0.2, -0.15) is 0 Å². The second-order valence-corrected chi connectivity index (χ2v) is 9.08. The number of aromatic amines is 1. The van der Waals surface area contributed by atoms with Gasteiger partial charge in [-0.1, -0.05) is 18.2 Å². The quantitative estimate of drug-likeness (QED) is 0.363. The lowest BCUT2D eigenvalue weighted by atomic mass is 10.2. The first kappa shape index (κ1) is 23.2. The average Bonchev–Trinajstić information content (AvgIpc) is 3.53. The fraction of sp³-hybridized carbons (Fsp3) is 0.172. The van der Waals surface area contributed by atoms with Crippen LogP contribution in [0.25, 0.3) is 17.0 Å². The molecule has 1 amide bonds. The minimum absolute atomic E-state index is 0.257. The second-order valence-electron chi connectivity index (χ2n) is 9.08. The molecule has 5 rings (SSSR count). The van der Waals surface area contributed by atoms with E-state index in [2.05, 4.69) is 23.3 Å². The Labute approximate surface area is 210 Å². The molecule has 0 bridgehead atoms. The monoisotopic (exact) mass is 479 g/mol. The zero-order valence-electron chi connectivity index (χ0n) is 21.1. The van der Waals surface area contributed by atoms with E-state index in [9.17, 15) is 4.79 Å². The molecule has 2 N–H and O–H groups in total. The van der Waals surface area contributed by atoms with Gasteiger partial charge in [-0.15, -0.1) is 0 Å². The van der Waals surface area contributed by atoms with Gasteiger partial charge in [-0.05, 0) is 68.0 Å².